The van der Waals surface area contributed by atoms with Crippen LogP contribution in [0.1, 0.15) is 39.5 Å². The Balaban J connectivity index is 2.23. The molecule has 1 aliphatic carbocycles. The second-order valence-corrected chi connectivity index (χ2v) is 4.82. The number of hydrogen-bond acceptors (Lipinski definition) is 5. The summed E-state index contributed by atoms with van der Waals surface area (Å²) < 4.78 is 0. The van der Waals surface area contributed by atoms with Crippen LogP contribution in [0, 0.1) is 0 Å². The predicted octanol–water partition coefficient (Wildman–Crippen LogP) is 2.73. The SMILES string of the molecule is CCNc1nc(Cl)nc(N(CC)C2CCCC2)n1. The van der Waals surface area contributed by atoms with Crippen LogP contribution in [-0.2, 0) is 0 Å². The van der Waals surface area contributed by atoms with E-state index in [9.17, 15) is 0 Å². The molecule has 1 N–H and O–H groups in total. The average Bonchev–Trinajstić information content (AvgIpc) is 2.83. The number of halogens is 1. The summed E-state index contributed by atoms with van der Waals surface area (Å²) in [4.78, 5) is 15.0. The van der Waals surface area contributed by atoms with Crippen molar-refractivity contribution in [1.29, 1.82) is 0 Å². The molecule has 0 saturated heterocycles. The first-order valence-corrected chi connectivity index (χ1v) is 7.04. The largest absolute Gasteiger partial charge is 0.354 e. The predicted molar refractivity (Wildman–Crippen MR) is 74.3 cm³/mol. The first kappa shape index (κ1) is 13.3. The second-order valence-electron chi connectivity index (χ2n) is 4.48. The summed E-state index contributed by atoms with van der Waals surface area (Å²) in [6.45, 7) is 5.81. The van der Waals surface area contributed by atoms with Gasteiger partial charge >= 0.3 is 0 Å². The van der Waals surface area contributed by atoms with Crippen LogP contribution in [0.3, 0.4) is 0 Å². The zero-order valence-electron chi connectivity index (χ0n) is 11.0. The molecule has 0 bridgehead atoms. The Hall–Kier alpha value is -1.10. The van der Waals surface area contributed by atoms with Crippen LogP contribution in [0.5, 0.6) is 0 Å². The third-order valence-corrected chi connectivity index (χ3v) is 3.46. The van der Waals surface area contributed by atoms with Gasteiger partial charge in [-0.1, -0.05) is 12.8 Å². The lowest BCUT2D eigenvalue weighted by atomic mass is 10.2. The van der Waals surface area contributed by atoms with Crippen LogP contribution >= 0.6 is 11.6 Å². The molecular weight excluding hydrogens is 250 g/mol. The van der Waals surface area contributed by atoms with Crippen molar-refractivity contribution in [3.8, 4) is 0 Å². The molecule has 0 radical (unpaired) electrons. The van der Waals surface area contributed by atoms with Crippen LogP contribution in [0.15, 0.2) is 0 Å². The molecule has 18 heavy (non-hydrogen) atoms. The Morgan fingerprint density at radius 2 is 1.94 bits per heavy atom. The third-order valence-electron chi connectivity index (χ3n) is 3.29. The van der Waals surface area contributed by atoms with Gasteiger partial charge in [0, 0.05) is 19.1 Å². The van der Waals surface area contributed by atoms with Crippen molar-refractivity contribution in [1.82, 2.24) is 15.0 Å². The summed E-state index contributed by atoms with van der Waals surface area (Å²) in [7, 11) is 0. The molecule has 0 atom stereocenters. The van der Waals surface area contributed by atoms with Gasteiger partial charge in [0.25, 0.3) is 0 Å². The summed E-state index contributed by atoms with van der Waals surface area (Å²) in [5.41, 5.74) is 0. The minimum absolute atomic E-state index is 0.257. The monoisotopic (exact) mass is 269 g/mol. The Bertz CT molecular complexity index is 392. The van der Waals surface area contributed by atoms with E-state index in [1.165, 1.54) is 25.7 Å². The van der Waals surface area contributed by atoms with E-state index >= 15 is 0 Å². The van der Waals surface area contributed by atoms with Gasteiger partial charge < -0.3 is 10.2 Å². The van der Waals surface area contributed by atoms with Crippen molar-refractivity contribution in [3.05, 3.63) is 5.28 Å². The first-order valence-electron chi connectivity index (χ1n) is 6.66. The average molecular weight is 270 g/mol. The van der Waals surface area contributed by atoms with Crippen LogP contribution in [-0.4, -0.2) is 34.1 Å². The van der Waals surface area contributed by atoms with Crippen LogP contribution in [0.25, 0.3) is 0 Å². The van der Waals surface area contributed by atoms with E-state index in [0.29, 0.717) is 17.9 Å². The summed E-state index contributed by atoms with van der Waals surface area (Å²) in [6, 6.07) is 0.544. The van der Waals surface area contributed by atoms with Gasteiger partial charge in [0.05, 0.1) is 0 Å². The van der Waals surface area contributed by atoms with E-state index in [-0.39, 0.29) is 5.28 Å². The minimum atomic E-state index is 0.257. The summed E-state index contributed by atoms with van der Waals surface area (Å²) >= 11 is 5.96. The van der Waals surface area contributed by atoms with Gasteiger partial charge in [0.1, 0.15) is 0 Å². The number of nitrogens with one attached hydrogen (secondary N) is 1. The highest BCUT2D eigenvalue weighted by atomic mass is 35.5. The zero-order chi connectivity index (χ0) is 13.0. The molecule has 0 unspecified atom stereocenters. The molecule has 5 nitrogen and oxygen atoms in total. The van der Waals surface area contributed by atoms with Gasteiger partial charge in [0.15, 0.2) is 0 Å². The molecule has 0 aromatic carbocycles. The molecule has 6 heteroatoms. The third kappa shape index (κ3) is 3.02. The summed E-state index contributed by atoms with van der Waals surface area (Å²) in [5.74, 6) is 1.25. The Morgan fingerprint density at radius 1 is 1.22 bits per heavy atom. The number of nitrogens with zero attached hydrogens (tertiary/aromatic N) is 4. The fraction of sp³-hybridized carbons (Fsp3) is 0.750. The molecule has 1 fully saturated rings. The van der Waals surface area contributed by atoms with Crippen molar-refractivity contribution in [2.75, 3.05) is 23.3 Å². The van der Waals surface area contributed by atoms with E-state index in [1.54, 1.807) is 0 Å². The lowest BCUT2D eigenvalue weighted by Gasteiger charge is -2.27. The molecule has 100 valence electrons. The number of hydrogen-bond donors (Lipinski definition) is 1. The first-order chi connectivity index (χ1) is 8.74. The number of anilines is 2. The van der Waals surface area contributed by atoms with Crippen molar-refractivity contribution in [3.63, 3.8) is 0 Å². The van der Waals surface area contributed by atoms with Crippen LogP contribution < -0.4 is 10.2 Å². The Morgan fingerprint density at radius 3 is 2.56 bits per heavy atom. The molecule has 1 aromatic heterocycles. The highest BCUT2D eigenvalue weighted by Gasteiger charge is 2.24. The molecule has 0 aliphatic heterocycles. The van der Waals surface area contributed by atoms with Crippen molar-refractivity contribution in [2.24, 2.45) is 0 Å². The summed E-state index contributed by atoms with van der Waals surface area (Å²) in [5, 5.41) is 3.34. The second kappa shape index (κ2) is 6.18. The Kier molecular flexibility index (Phi) is 4.58. The summed E-state index contributed by atoms with van der Waals surface area (Å²) in [6.07, 6.45) is 5.02. The standard InChI is InChI=1S/C12H20ClN5/c1-3-14-11-15-10(13)16-12(17-11)18(4-2)9-7-5-6-8-9/h9H,3-8H2,1-2H3,(H,14,15,16,17). The number of rotatable bonds is 5. The topological polar surface area (TPSA) is 53.9 Å². The van der Waals surface area contributed by atoms with Gasteiger partial charge in [0.2, 0.25) is 17.2 Å². The van der Waals surface area contributed by atoms with E-state index in [2.05, 4.69) is 32.1 Å². The molecule has 0 amide bonds. The lowest BCUT2D eigenvalue weighted by molar-refractivity contribution is 0.604. The molecule has 1 heterocycles. The van der Waals surface area contributed by atoms with Crippen molar-refractivity contribution in [2.45, 2.75) is 45.6 Å². The fourth-order valence-corrected chi connectivity index (χ4v) is 2.64. The van der Waals surface area contributed by atoms with E-state index in [0.717, 1.165) is 13.1 Å². The number of aromatic nitrogens is 3. The minimum Gasteiger partial charge on any atom is -0.354 e. The molecule has 1 aliphatic rings. The molecule has 1 aromatic rings. The van der Waals surface area contributed by atoms with E-state index in [4.69, 9.17) is 11.6 Å². The normalized spacial score (nSPS) is 15.9. The van der Waals surface area contributed by atoms with Gasteiger partial charge in [-0.25, -0.2) is 0 Å². The van der Waals surface area contributed by atoms with Gasteiger partial charge in [-0.3, -0.25) is 0 Å². The maximum Gasteiger partial charge on any atom is 0.231 e. The lowest BCUT2D eigenvalue weighted by Crippen LogP contribution is -2.34. The molecular formula is C12H20ClN5. The highest BCUT2D eigenvalue weighted by Crippen LogP contribution is 2.26. The van der Waals surface area contributed by atoms with Crippen molar-refractivity contribution >= 4 is 23.5 Å². The Labute approximate surface area is 113 Å². The smallest absolute Gasteiger partial charge is 0.231 e. The van der Waals surface area contributed by atoms with E-state index in [1.807, 2.05) is 6.92 Å². The van der Waals surface area contributed by atoms with E-state index < -0.39 is 0 Å². The fourth-order valence-electron chi connectivity index (χ4n) is 2.48. The molecule has 2 rings (SSSR count). The highest BCUT2D eigenvalue weighted by molar-refractivity contribution is 6.28. The molecule has 0 spiro atoms. The van der Waals surface area contributed by atoms with Crippen molar-refractivity contribution < 1.29 is 0 Å². The zero-order valence-corrected chi connectivity index (χ0v) is 11.7. The maximum atomic E-state index is 5.96. The van der Waals surface area contributed by atoms with Crippen LogP contribution in [0.4, 0.5) is 11.9 Å². The molecule has 1 saturated carbocycles. The van der Waals surface area contributed by atoms with Gasteiger partial charge in [-0.2, -0.15) is 15.0 Å². The van der Waals surface area contributed by atoms with Gasteiger partial charge in [-0.05, 0) is 38.3 Å². The van der Waals surface area contributed by atoms with Crippen LogP contribution in [0.2, 0.25) is 5.28 Å². The maximum absolute atomic E-state index is 5.96. The van der Waals surface area contributed by atoms with Gasteiger partial charge in [-0.15, -0.1) is 0 Å². The quantitative estimate of drug-likeness (QED) is 0.891.